The second-order valence-corrected chi connectivity index (χ2v) is 6.03. The molecule has 0 aliphatic heterocycles. The normalized spacial score (nSPS) is 12.7. The van der Waals surface area contributed by atoms with E-state index in [4.69, 9.17) is 0 Å². The first-order chi connectivity index (χ1) is 10.6. The van der Waals surface area contributed by atoms with E-state index in [-0.39, 0.29) is 18.0 Å². The SMILES string of the molecule is CC(C)(C)C(=O)NCC(=O)NC(CO)c1cc(F)c(F)c(F)c1. The first-order valence-corrected chi connectivity index (χ1v) is 6.89. The maximum absolute atomic E-state index is 13.2. The van der Waals surface area contributed by atoms with Crippen LogP contribution in [0.5, 0.6) is 0 Å². The number of carbonyl (C=O) groups excluding carboxylic acids is 2. The maximum Gasteiger partial charge on any atom is 0.239 e. The van der Waals surface area contributed by atoms with Gasteiger partial charge in [0.1, 0.15) is 0 Å². The Morgan fingerprint density at radius 3 is 2.13 bits per heavy atom. The summed E-state index contributed by atoms with van der Waals surface area (Å²) in [4.78, 5) is 23.4. The summed E-state index contributed by atoms with van der Waals surface area (Å²) < 4.78 is 39.3. The Balaban J connectivity index is 2.73. The molecule has 3 N–H and O–H groups in total. The van der Waals surface area contributed by atoms with E-state index in [1.165, 1.54) is 0 Å². The fourth-order valence-electron chi connectivity index (χ4n) is 1.68. The van der Waals surface area contributed by atoms with Crippen molar-refractivity contribution in [2.75, 3.05) is 13.2 Å². The third-order valence-electron chi connectivity index (χ3n) is 3.02. The van der Waals surface area contributed by atoms with Gasteiger partial charge in [0.25, 0.3) is 0 Å². The van der Waals surface area contributed by atoms with E-state index in [0.29, 0.717) is 12.1 Å². The van der Waals surface area contributed by atoms with Crippen LogP contribution in [0.25, 0.3) is 0 Å². The van der Waals surface area contributed by atoms with Crippen molar-refractivity contribution in [3.8, 4) is 0 Å². The van der Waals surface area contributed by atoms with Gasteiger partial charge in [-0.3, -0.25) is 9.59 Å². The van der Waals surface area contributed by atoms with Gasteiger partial charge in [0.05, 0.1) is 19.2 Å². The van der Waals surface area contributed by atoms with Crippen molar-refractivity contribution in [3.63, 3.8) is 0 Å². The van der Waals surface area contributed by atoms with Crippen LogP contribution in [-0.2, 0) is 9.59 Å². The average Bonchev–Trinajstić information content (AvgIpc) is 2.46. The number of aliphatic hydroxyl groups is 1. The summed E-state index contributed by atoms with van der Waals surface area (Å²) in [5, 5.41) is 13.9. The predicted octanol–water partition coefficient (Wildman–Crippen LogP) is 1.42. The predicted molar refractivity (Wildman–Crippen MR) is 76.8 cm³/mol. The highest BCUT2D eigenvalue weighted by molar-refractivity contribution is 5.87. The van der Waals surface area contributed by atoms with E-state index < -0.39 is 41.4 Å². The minimum absolute atomic E-state index is 0.126. The van der Waals surface area contributed by atoms with Crippen LogP contribution in [0.3, 0.4) is 0 Å². The van der Waals surface area contributed by atoms with Crippen LogP contribution in [0.15, 0.2) is 12.1 Å². The highest BCUT2D eigenvalue weighted by atomic mass is 19.2. The molecule has 0 aromatic heterocycles. The van der Waals surface area contributed by atoms with E-state index in [1.807, 2.05) is 0 Å². The van der Waals surface area contributed by atoms with E-state index in [0.717, 1.165) is 0 Å². The average molecular weight is 332 g/mol. The van der Waals surface area contributed by atoms with Gasteiger partial charge in [-0.1, -0.05) is 20.8 Å². The van der Waals surface area contributed by atoms with Crippen LogP contribution in [0.2, 0.25) is 0 Å². The van der Waals surface area contributed by atoms with E-state index >= 15 is 0 Å². The van der Waals surface area contributed by atoms with Crippen LogP contribution in [0.4, 0.5) is 13.2 Å². The minimum Gasteiger partial charge on any atom is -0.394 e. The van der Waals surface area contributed by atoms with Gasteiger partial charge < -0.3 is 15.7 Å². The summed E-state index contributed by atoms with van der Waals surface area (Å²) in [7, 11) is 0. The lowest BCUT2D eigenvalue weighted by Gasteiger charge is -2.20. The Labute approximate surface area is 131 Å². The van der Waals surface area contributed by atoms with Gasteiger partial charge >= 0.3 is 0 Å². The molecule has 0 spiro atoms. The molecule has 1 unspecified atom stereocenters. The Kier molecular flexibility index (Phi) is 6.14. The Hall–Kier alpha value is -2.09. The standard InChI is InChI=1S/C15H19F3N2O3/c1-15(2,3)14(23)19-6-12(22)20-11(7-21)8-4-9(16)13(18)10(17)5-8/h4-5,11,21H,6-7H2,1-3H3,(H,19,23)(H,20,22). The van der Waals surface area contributed by atoms with Crippen LogP contribution in [0, 0.1) is 22.9 Å². The smallest absolute Gasteiger partial charge is 0.239 e. The highest BCUT2D eigenvalue weighted by Gasteiger charge is 2.23. The van der Waals surface area contributed by atoms with Gasteiger partial charge in [-0.15, -0.1) is 0 Å². The number of halogens is 3. The molecule has 0 heterocycles. The summed E-state index contributed by atoms with van der Waals surface area (Å²) in [6, 6.07) is 0.249. The fraction of sp³-hybridized carbons (Fsp3) is 0.467. The second kappa shape index (κ2) is 7.45. The Morgan fingerprint density at radius 2 is 1.70 bits per heavy atom. The molecule has 1 atom stereocenters. The quantitative estimate of drug-likeness (QED) is 0.714. The van der Waals surface area contributed by atoms with Gasteiger partial charge in [-0.05, 0) is 17.7 Å². The molecule has 2 amide bonds. The molecule has 5 nitrogen and oxygen atoms in total. The minimum atomic E-state index is -1.63. The zero-order valence-corrected chi connectivity index (χ0v) is 13.0. The number of nitrogens with one attached hydrogen (secondary N) is 2. The van der Waals surface area contributed by atoms with E-state index in [9.17, 15) is 27.9 Å². The molecule has 8 heteroatoms. The van der Waals surface area contributed by atoms with Gasteiger partial charge in [0.2, 0.25) is 11.8 Å². The number of rotatable bonds is 5. The Morgan fingerprint density at radius 1 is 1.17 bits per heavy atom. The van der Waals surface area contributed by atoms with Crippen LogP contribution in [0.1, 0.15) is 32.4 Å². The lowest BCUT2D eigenvalue weighted by atomic mass is 9.96. The van der Waals surface area contributed by atoms with Crippen LogP contribution in [-0.4, -0.2) is 30.1 Å². The van der Waals surface area contributed by atoms with Crippen molar-refractivity contribution in [1.29, 1.82) is 0 Å². The van der Waals surface area contributed by atoms with Crippen molar-refractivity contribution in [2.45, 2.75) is 26.8 Å². The number of hydrogen-bond acceptors (Lipinski definition) is 3. The van der Waals surface area contributed by atoms with Crippen molar-refractivity contribution < 1.29 is 27.9 Å². The molecule has 1 rings (SSSR count). The lowest BCUT2D eigenvalue weighted by Crippen LogP contribution is -2.43. The summed E-state index contributed by atoms with van der Waals surface area (Å²) in [6.07, 6.45) is 0. The number of carbonyl (C=O) groups is 2. The third kappa shape index (κ3) is 5.24. The highest BCUT2D eigenvalue weighted by Crippen LogP contribution is 2.19. The lowest BCUT2D eigenvalue weighted by molar-refractivity contribution is -0.131. The number of hydrogen-bond donors (Lipinski definition) is 3. The van der Waals surface area contributed by atoms with Crippen LogP contribution < -0.4 is 10.6 Å². The molecule has 0 aliphatic rings. The topological polar surface area (TPSA) is 78.4 Å². The fourth-order valence-corrected chi connectivity index (χ4v) is 1.68. The van der Waals surface area contributed by atoms with Crippen molar-refractivity contribution >= 4 is 11.8 Å². The molecular formula is C15H19F3N2O3. The molecule has 0 saturated heterocycles. The molecule has 0 aliphatic carbocycles. The molecule has 0 radical (unpaired) electrons. The maximum atomic E-state index is 13.2. The first-order valence-electron chi connectivity index (χ1n) is 6.89. The zero-order valence-electron chi connectivity index (χ0n) is 13.0. The summed E-state index contributed by atoms with van der Waals surface area (Å²) in [5.74, 6) is -5.49. The molecular weight excluding hydrogens is 313 g/mol. The van der Waals surface area contributed by atoms with Gasteiger partial charge in [0, 0.05) is 5.41 Å². The number of amides is 2. The summed E-state index contributed by atoms with van der Waals surface area (Å²) >= 11 is 0. The largest absolute Gasteiger partial charge is 0.394 e. The van der Waals surface area contributed by atoms with Gasteiger partial charge in [-0.25, -0.2) is 13.2 Å². The van der Waals surface area contributed by atoms with Crippen molar-refractivity contribution in [1.82, 2.24) is 10.6 Å². The molecule has 0 fully saturated rings. The summed E-state index contributed by atoms with van der Waals surface area (Å²) in [5.41, 5.74) is -0.806. The van der Waals surface area contributed by atoms with Gasteiger partial charge in [0.15, 0.2) is 17.5 Å². The van der Waals surface area contributed by atoms with E-state index in [1.54, 1.807) is 20.8 Å². The molecule has 23 heavy (non-hydrogen) atoms. The zero-order chi connectivity index (χ0) is 17.8. The Bertz CT molecular complexity index is 577. The molecule has 1 aromatic carbocycles. The van der Waals surface area contributed by atoms with Gasteiger partial charge in [-0.2, -0.15) is 0 Å². The van der Waals surface area contributed by atoms with Crippen molar-refractivity contribution in [2.24, 2.45) is 5.41 Å². The van der Waals surface area contributed by atoms with E-state index in [2.05, 4.69) is 10.6 Å². The molecule has 1 aromatic rings. The monoisotopic (exact) mass is 332 g/mol. The molecule has 128 valence electrons. The number of aliphatic hydroxyl groups excluding tert-OH is 1. The van der Waals surface area contributed by atoms with Crippen LogP contribution >= 0.6 is 0 Å². The number of benzene rings is 1. The summed E-state index contributed by atoms with van der Waals surface area (Å²) in [6.45, 7) is 3.99. The van der Waals surface area contributed by atoms with Crippen molar-refractivity contribution in [3.05, 3.63) is 35.1 Å². The molecule has 0 saturated carbocycles. The third-order valence-corrected chi connectivity index (χ3v) is 3.02. The molecule has 0 bridgehead atoms. The second-order valence-electron chi connectivity index (χ2n) is 6.03. The first kappa shape index (κ1) is 19.0.